The van der Waals surface area contributed by atoms with Gasteiger partial charge >= 0.3 is 0 Å². The predicted molar refractivity (Wildman–Crippen MR) is 120 cm³/mol. The number of aromatic nitrogens is 2. The highest BCUT2D eigenvalue weighted by molar-refractivity contribution is 7.17. The third-order valence-electron chi connectivity index (χ3n) is 4.83. The third-order valence-corrected chi connectivity index (χ3v) is 5.85. The van der Waals surface area contributed by atoms with Gasteiger partial charge in [-0.1, -0.05) is 74.6 Å². The predicted octanol–water partition coefficient (Wildman–Crippen LogP) is 6.81. The summed E-state index contributed by atoms with van der Waals surface area (Å²) in [6, 6.07) is 15.5. The number of nitrogens with zero attached hydrogens (tertiary/aromatic N) is 2. The first-order valence-corrected chi connectivity index (χ1v) is 11.2. The van der Waals surface area contributed by atoms with Gasteiger partial charge in [0.15, 0.2) is 5.78 Å². The molecule has 0 fully saturated rings. The van der Waals surface area contributed by atoms with Crippen molar-refractivity contribution in [1.29, 1.82) is 0 Å². The first-order chi connectivity index (χ1) is 14.2. The quantitative estimate of drug-likeness (QED) is 0.258. The molecule has 1 aromatic heterocycles. The Balaban J connectivity index is 1.53. The van der Waals surface area contributed by atoms with Crippen molar-refractivity contribution in [3.05, 3.63) is 54.1 Å². The van der Waals surface area contributed by atoms with E-state index in [1.54, 1.807) is 18.3 Å². The van der Waals surface area contributed by atoms with E-state index in [1.165, 1.54) is 32.1 Å². The Kier molecular flexibility index (Phi) is 7.94. The molecule has 0 saturated heterocycles. The van der Waals surface area contributed by atoms with Crippen LogP contribution in [0.2, 0.25) is 0 Å². The van der Waals surface area contributed by atoms with Gasteiger partial charge in [0, 0.05) is 16.7 Å². The van der Waals surface area contributed by atoms with Crippen LogP contribution in [-0.2, 0) is 0 Å². The van der Waals surface area contributed by atoms with Gasteiger partial charge in [-0.15, -0.1) is 10.2 Å². The number of benzene rings is 2. The lowest BCUT2D eigenvalue weighted by Crippen LogP contribution is -1.97. The van der Waals surface area contributed by atoms with Gasteiger partial charge in [0.25, 0.3) is 0 Å². The van der Waals surface area contributed by atoms with Crippen LogP contribution in [0, 0.1) is 0 Å². The highest BCUT2D eigenvalue weighted by Gasteiger charge is 2.09. The van der Waals surface area contributed by atoms with E-state index in [2.05, 4.69) is 17.1 Å². The van der Waals surface area contributed by atoms with E-state index < -0.39 is 0 Å². The molecule has 0 saturated carbocycles. The molecular formula is C24H28N2O2S. The zero-order valence-corrected chi connectivity index (χ0v) is 18.0. The first kappa shape index (κ1) is 21.2. The molecule has 1 heterocycles. The Bertz CT molecular complexity index is 901. The molecule has 0 atom stereocenters. The number of unbranched alkanes of at least 4 members (excludes halogenated alkanes) is 5. The molecule has 2 aromatic carbocycles. The topological polar surface area (TPSA) is 52.1 Å². The number of Topliss-reactive ketones (excluding diaryl/α,β-unsaturated/α-hetero) is 1. The fraction of sp³-hybridized carbons (Fsp3) is 0.375. The van der Waals surface area contributed by atoms with Crippen molar-refractivity contribution < 1.29 is 9.53 Å². The molecule has 0 aliphatic rings. The molecule has 152 valence electrons. The highest BCUT2D eigenvalue weighted by atomic mass is 32.1. The van der Waals surface area contributed by atoms with Crippen LogP contribution in [0.4, 0.5) is 0 Å². The van der Waals surface area contributed by atoms with Crippen LogP contribution >= 0.6 is 11.3 Å². The summed E-state index contributed by atoms with van der Waals surface area (Å²) in [6.45, 7) is 4.58. The van der Waals surface area contributed by atoms with Gasteiger partial charge in [0.05, 0.1) is 6.61 Å². The molecule has 4 nitrogen and oxygen atoms in total. The van der Waals surface area contributed by atoms with E-state index in [0.29, 0.717) is 5.56 Å². The molecule has 0 amide bonds. The van der Waals surface area contributed by atoms with E-state index >= 15 is 0 Å². The van der Waals surface area contributed by atoms with E-state index in [0.717, 1.165) is 39.9 Å². The maximum absolute atomic E-state index is 11.4. The molecule has 3 rings (SSSR count). The lowest BCUT2D eigenvalue weighted by molar-refractivity contribution is 0.101. The summed E-state index contributed by atoms with van der Waals surface area (Å²) < 4.78 is 5.85. The maximum atomic E-state index is 11.4. The number of ketones is 1. The summed E-state index contributed by atoms with van der Waals surface area (Å²) >= 11 is 1.54. The Morgan fingerprint density at radius 1 is 0.828 bits per heavy atom. The minimum absolute atomic E-state index is 0.0632. The first-order valence-electron chi connectivity index (χ1n) is 10.4. The zero-order valence-electron chi connectivity index (χ0n) is 17.2. The van der Waals surface area contributed by atoms with E-state index in [4.69, 9.17) is 4.74 Å². The fourth-order valence-corrected chi connectivity index (χ4v) is 3.92. The third kappa shape index (κ3) is 6.23. The molecule has 5 heteroatoms. The number of carbonyl (C=O) groups excluding carboxylic acids is 1. The Morgan fingerprint density at radius 2 is 1.38 bits per heavy atom. The largest absolute Gasteiger partial charge is 0.494 e. The summed E-state index contributed by atoms with van der Waals surface area (Å²) in [6.07, 6.45) is 7.58. The zero-order chi connectivity index (χ0) is 20.5. The van der Waals surface area contributed by atoms with Crippen LogP contribution in [-0.4, -0.2) is 22.6 Å². The van der Waals surface area contributed by atoms with Crippen molar-refractivity contribution in [2.75, 3.05) is 6.61 Å². The van der Waals surface area contributed by atoms with Crippen molar-refractivity contribution in [1.82, 2.24) is 10.2 Å². The summed E-state index contributed by atoms with van der Waals surface area (Å²) in [5.74, 6) is 0.958. The van der Waals surface area contributed by atoms with Gasteiger partial charge in [-0.25, -0.2) is 0 Å². The fourth-order valence-electron chi connectivity index (χ4n) is 3.07. The van der Waals surface area contributed by atoms with Crippen molar-refractivity contribution in [2.45, 2.75) is 52.4 Å². The normalized spacial score (nSPS) is 10.8. The molecule has 3 aromatic rings. The number of hydrogen-bond donors (Lipinski definition) is 0. The van der Waals surface area contributed by atoms with Gasteiger partial charge in [0.2, 0.25) is 0 Å². The minimum atomic E-state index is 0.0632. The molecule has 0 N–H and O–H groups in total. The number of ether oxygens (including phenoxy) is 1. The second-order valence-corrected chi connectivity index (χ2v) is 8.16. The van der Waals surface area contributed by atoms with Crippen LogP contribution in [0.5, 0.6) is 5.75 Å². The average Bonchev–Trinajstić information content (AvgIpc) is 3.24. The Hall–Kier alpha value is -2.53. The van der Waals surface area contributed by atoms with Gasteiger partial charge in [-0.3, -0.25) is 4.79 Å². The molecule has 0 unspecified atom stereocenters. The van der Waals surface area contributed by atoms with Gasteiger partial charge in [-0.05, 0) is 37.6 Å². The second kappa shape index (κ2) is 10.9. The summed E-state index contributed by atoms with van der Waals surface area (Å²) in [4.78, 5) is 11.4. The van der Waals surface area contributed by atoms with Crippen LogP contribution in [0.25, 0.3) is 21.1 Å². The molecule has 0 spiro atoms. The average molecular weight is 409 g/mol. The maximum Gasteiger partial charge on any atom is 0.159 e. The molecule has 0 aliphatic heterocycles. The summed E-state index contributed by atoms with van der Waals surface area (Å²) in [5.41, 5.74) is 2.70. The number of hydrogen-bond acceptors (Lipinski definition) is 5. The van der Waals surface area contributed by atoms with Gasteiger partial charge < -0.3 is 4.74 Å². The Morgan fingerprint density at radius 3 is 1.97 bits per heavy atom. The van der Waals surface area contributed by atoms with Crippen LogP contribution in [0.3, 0.4) is 0 Å². The van der Waals surface area contributed by atoms with Crippen molar-refractivity contribution >= 4 is 17.1 Å². The summed E-state index contributed by atoms with van der Waals surface area (Å²) in [7, 11) is 0. The number of rotatable bonds is 11. The van der Waals surface area contributed by atoms with Crippen LogP contribution < -0.4 is 4.74 Å². The SMILES string of the molecule is CCCCCCCCOc1ccc(-c2nnc(-c3ccc(C(C)=O)cc3)s2)cc1. The van der Waals surface area contributed by atoms with E-state index in [-0.39, 0.29) is 5.78 Å². The summed E-state index contributed by atoms with van der Waals surface area (Å²) in [5, 5.41) is 10.3. The molecule has 0 radical (unpaired) electrons. The van der Waals surface area contributed by atoms with Gasteiger partial charge in [0.1, 0.15) is 15.8 Å². The van der Waals surface area contributed by atoms with Crippen LogP contribution in [0.15, 0.2) is 48.5 Å². The van der Waals surface area contributed by atoms with Crippen LogP contribution in [0.1, 0.15) is 62.7 Å². The van der Waals surface area contributed by atoms with E-state index in [9.17, 15) is 4.79 Å². The highest BCUT2D eigenvalue weighted by Crippen LogP contribution is 2.31. The van der Waals surface area contributed by atoms with E-state index in [1.807, 2.05) is 48.5 Å². The number of carbonyl (C=O) groups is 1. The molecule has 0 aliphatic carbocycles. The Labute approximate surface area is 177 Å². The minimum Gasteiger partial charge on any atom is -0.494 e. The second-order valence-electron chi connectivity index (χ2n) is 7.19. The van der Waals surface area contributed by atoms with Crippen molar-refractivity contribution in [3.8, 4) is 26.9 Å². The smallest absolute Gasteiger partial charge is 0.159 e. The molecule has 0 bridgehead atoms. The van der Waals surface area contributed by atoms with Crippen molar-refractivity contribution in [2.24, 2.45) is 0 Å². The lowest BCUT2D eigenvalue weighted by atomic mass is 10.1. The standard InChI is InChI=1S/C24H28N2O2S/c1-3-4-5-6-7-8-17-28-22-15-13-21(14-16-22)24-26-25-23(29-24)20-11-9-19(10-12-20)18(2)27/h9-16H,3-8,17H2,1-2H3. The lowest BCUT2D eigenvalue weighted by Gasteiger charge is -2.06. The van der Waals surface area contributed by atoms with Gasteiger partial charge in [-0.2, -0.15) is 0 Å². The van der Waals surface area contributed by atoms with Crippen molar-refractivity contribution in [3.63, 3.8) is 0 Å². The monoisotopic (exact) mass is 408 g/mol. The molecule has 29 heavy (non-hydrogen) atoms. The molecular weight excluding hydrogens is 380 g/mol.